The molecule has 0 saturated heterocycles. The molecule has 2 aromatic carbocycles. The lowest BCUT2D eigenvalue weighted by atomic mass is 9.52. The Labute approximate surface area is 172 Å². The van der Waals surface area contributed by atoms with E-state index in [-0.39, 0.29) is 0 Å². The van der Waals surface area contributed by atoms with Gasteiger partial charge >= 0.3 is 23.9 Å². The van der Waals surface area contributed by atoms with Crippen molar-refractivity contribution in [2.24, 2.45) is 11.8 Å². The predicted molar refractivity (Wildman–Crippen MR) is 103 cm³/mol. The van der Waals surface area contributed by atoms with Crippen LogP contribution in [0.25, 0.3) is 0 Å². The van der Waals surface area contributed by atoms with E-state index < -0.39 is 47.5 Å². The van der Waals surface area contributed by atoms with Crippen LogP contribution in [0.3, 0.4) is 0 Å². The average Bonchev–Trinajstić information content (AvgIpc) is 2.62. The zero-order valence-corrected chi connectivity index (χ0v) is 16.3. The summed E-state index contributed by atoms with van der Waals surface area (Å²) in [5, 5.41) is 19.6. The summed E-state index contributed by atoms with van der Waals surface area (Å²) in [7, 11) is 0. The van der Waals surface area contributed by atoms with Crippen LogP contribution < -0.4 is 9.47 Å². The molecule has 1 aliphatic carbocycles. The van der Waals surface area contributed by atoms with Gasteiger partial charge < -0.3 is 19.7 Å². The second kappa shape index (κ2) is 8.36. The van der Waals surface area contributed by atoms with Crippen LogP contribution in [0.2, 0.25) is 0 Å². The number of hydrogen-bond acceptors (Lipinski definition) is 6. The molecule has 0 radical (unpaired) electrons. The molecule has 3 rings (SSSR count). The van der Waals surface area contributed by atoms with Gasteiger partial charge in [-0.25, -0.2) is 0 Å². The summed E-state index contributed by atoms with van der Waals surface area (Å²) in [6.45, 7) is 2.52. The molecule has 0 heterocycles. The smallest absolute Gasteiger partial charge is 0.308 e. The molecule has 1 fully saturated rings. The quantitative estimate of drug-likeness (QED) is 0.548. The Kier molecular flexibility index (Phi) is 5.86. The summed E-state index contributed by atoms with van der Waals surface area (Å²) in [6.07, 6.45) is 0. The van der Waals surface area contributed by atoms with Crippen molar-refractivity contribution in [2.75, 3.05) is 0 Å². The lowest BCUT2D eigenvalue weighted by Crippen LogP contribution is -2.50. The third-order valence-corrected chi connectivity index (χ3v) is 5.17. The van der Waals surface area contributed by atoms with Crippen molar-refractivity contribution in [1.29, 1.82) is 0 Å². The molecule has 8 nitrogen and oxygen atoms in total. The largest absolute Gasteiger partial charge is 0.481 e. The third kappa shape index (κ3) is 4.17. The molecule has 30 heavy (non-hydrogen) atoms. The zero-order chi connectivity index (χ0) is 22.0. The second-order valence-corrected chi connectivity index (χ2v) is 7.10. The maximum absolute atomic E-state index is 12.0. The highest BCUT2D eigenvalue weighted by atomic mass is 16.5. The number of ether oxygens (including phenoxy) is 2. The van der Waals surface area contributed by atoms with Gasteiger partial charge in [0.15, 0.2) is 0 Å². The van der Waals surface area contributed by atoms with Crippen molar-refractivity contribution < 1.29 is 38.9 Å². The Hall–Kier alpha value is -3.68. The fourth-order valence-electron chi connectivity index (χ4n) is 4.04. The summed E-state index contributed by atoms with van der Waals surface area (Å²) in [4.78, 5) is 46.1. The number of aliphatic carboxylic acids is 2. The van der Waals surface area contributed by atoms with Gasteiger partial charge in [-0.1, -0.05) is 24.3 Å². The highest BCUT2D eigenvalue weighted by Gasteiger charge is 2.58. The second-order valence-electron chi connectivity index (χ2n) is 7.10. The standard InChI is InChI=1S/C22H20O8/c1-11(23)29-15-7-3-13(4-8-15)17-19(21(25)26)18(20(17)22(27)28)14-5-9-16(10-6-14)30-12(2)24/h3-10,17-20H,1-2H3,(H,25,26)(H,27,28)/t17-,18-,19-,20-. The molecule has 1 aliphatic rings. The predicted octanol–water partition coefficient (Wildman–Crippen LogP) is 2.82. The minimum Gasteiger partial charge on any atom is -0.481 e. The number of benzene rings is 2. The molecular weight excluding hydrogens is 392 g/mol. The number of hydrogen-bond donors (Lipinski definition) is 2. The summed E-state index contributed by atoms with van der Waals surface area (Å²) in [6, 6.07) is 12.4. The fraction of sp³-hybridized carbons (Fsp3) is 0.273. The summed E-state index contributed by atoms with van der Waals surface area (Å²) >= 11 is 0. The molecule has 2 N–H and O–H groups in total. The Bertz CT molecular complexity index is 888. The highest BCUT2D eigenvalue weighted by Crippen LogP contribution is 2.57. The lowest BCUT2D eigenvalue weighted by molar-refractivity contribution is -0.160. The van der Waals surface area contributed by atoms with E-state index in [0.717, 1.165) is 0 Å². The van der Waals surface area contributed by atoms with E-state index >= 15 is 0 Å². The van der Waals surface area contributed by atoms with Crippen LogP contribution >= 0.6 is 0 Å². The Morgan fingerprint density at radius 1 is 0.633 bits per heavy atom. The van der Waals surface area contributed by atoms with Gasteiger partial charge in [0.1, 0.15) is 11.5 Å². The van der Waals surface area contributed by atoms with Gasteiger partial charge in [0, 0.05) is 25.7 Å². The summed E-state index contributed by atoms with van der Waals surface area (Å²) in [5.74, 6) is -5.99. The van der Waals surface area contributed by atoms with Crippen LogP contribution in [0.4, 0.5) is 0 Å². The number of carbonyl (C=O) groups is 4. The van der Waals surface area contributed by atoms with Crippen LogP contribution in [0.1, 0.15) is 36.8 Å². The Morgan fingerprint density at radius 3 is 1.17 bits per heavy atom. The fourth-order valence-corrected chi connectivity index (χ4v) is 4.04. The van der Waals surface area contributed by atoms with E-state index in [1.54, 1.807) is 24.3 Å². The topological polar surface area (TPSA) is 127 Å². The minimum atomic E-state index is -1.10. The van der Waals surface area contributed by atoms with Gasteiger partial charge in [-0.05, 0) is 35.4 Å². The van der Waals surface area contributed by atoms with Crippen LogP contribution in [0.5, 0.6) is 11.5 Å². The van der Waals surface area contributed by atoms with E-state index in [1.807, 2.05) is 0 Å². The number of carboxylic acid groups (broad SMARTS) is 2. The van der Waals surface area contributed by atoms with Gasteiger partial charge in [0.05, 0.1) is 11.8 Å². The van der Waals surface area contributed by atoms with Crippen molar-refractivity contribution in [1.82, 2.24) is 0 Å². The first-order chi connectivity index (χ1) is 14.2. The molecule has 1 saturated carbocycles. The molecular formula is C22H20O8. The number of carboxylic acids is 2. The van der Waals surface area contributed by atoms with Crippen molar-refractivity contribution in [3.05, 3.63) is 59.7 Å². The summed E-state index contributed by atoms with van der Waals surface area (Å²) < 4.78 is 9.94. The van der Waals surface area contributed by atoms with Crippen molar-refractivity contribution in [3.63, 3.8) is 0 Å². The molecule has 156 valence electrons. The van der Waals surface area contributed by atoms with Gasteiger partial charge in [-0.3, -0.25) is 19.2 Å². The van der Waals surface area contributed by atoms with E-state index in [9.17, 15) is 29.4 Å². The van der Waals surface area contributed by atoms with E-state index in [4.69, 9.17) is 9.47 Å². The summed E-state index contributed by atoms with van der Waals surface area (Å²) in [5.41, 5.74) is 1.08. The Morgan fingerprint density at radius 2 is 0.933 bits per heavy atom. The van der Waals surface area contributed by atoms with Crippen LogP contribution in [-0.2, 0) is 19.2 Å². The van der Waals surface area contributed by atoms with E-state index in [0.29, 0.717) is 22.6 Å². The number of esters is 2. The zero-order valence-electron chi connectivity index (χ0n) is 16.3. The molecule has 2 aromatic rings. The van der Waals surface area contributed by atoms with Crippen molar-refractivity contribution in [2.45, 2.75) is 25.7 Å². The molecule has 0 aliphatic heterocycles. The first-order valence-electron chi connectivity index (χ1n) is 9.21. The highest BCUT2D eigenvalue weighted by molar-refractivity contribution is 5.83. The van der Waals surface area contributed by atoms with Gasteiger partial charge in [-0.15, -0.1) is 0 Å². The number of carbonyl (C=O) groups excluding carboxylic acids is 2. The minimum absolute atomic E-state index is 0.293. The monoisotopic (exact) mass is 412 g/mol. The van der Waals surface area contributed by atoms with E-state index in [2.05, 4.69) is 0 Å². The van der Waals surface area contributed by atoms with E-state index in [1.165, 1.54) is 38.1 Å². The molecule has 0 bridgehead atoms. The van der Waals surface area contributed by atoms with Crippen LogP contribution in [0, 0.1) is 11.8 Å². The molecule has 0 aromatic heterocycles. The van der Waals surface area contributed by atoms with Crippen molar-refractivity contribution in [3.8, 4) is 11.5 Å². The first-order valence-corrected chi connectivity index (χ1v) is 9.21. The van der Waals surface area contributed by atoms with Gasteiger partial charge in [-0.2, -0.15) is 0 Å². The van der Waals surface area contributed by atoms with Crippen LogP contribution in [0.15, 0.2) is 48.5 Å². The maximum Gasteiger partial charge on any atom is 0.308 e. The molecule has 0 spiro atoms. The normalized spacial score (nSPS) is 22.5. The maximum atomic E-state index is 12.0. The SMILES string of the molecule is CC(=O)Oc1ccc([C@H]2[C@H](C(=O)O)[C@H](c3ccc(OC(C)=O)cc3)[C@H]2C(=O)O)cc1. The molecule has 0 amide bonds. The first kappa shape index (κ1) is 21.0. The third-order valence-electron chi connectivity index (χ3n) is 5.17. The Balaban J connectivity index is 1.92. The molecule has 8 heteroatoms. The average molecular weight is 412 g/mol. The molecule has 0 atom stereocenters. The van der Waals surface area contributed by atoms with Crippen molar-refractivity contribution >= 4 is 23.9 Å². The van der Waals surface area contributed by atoms with Gasteiger partial charge in [0.25, 0.3) is 0 Å². The lowest BCUT2D eigenvalue weighted by Gasteiger charge is -2.48. The van der Waals surface area contributed by atoms with Gasteiger partial charge in [0.2, 0.25) is 0 Å². The molecule has 0 unspecified atom stereocenters. The van der Waals surface area contributed by atoms with Crippen LogP contribution in [-0.4, -0.2) is 34.1 Å². The number of rotatable bonds is 6.